The molecular weight excluding hydrogens is 346 g/mol. The number of hydrogen-bond acceptors (Lipinski definition) is 6. The molecule has 27 heavy (non-hydrogen) atoms. The number of rotatable bonds is 4. The molecule has 1 amide bonds. The second-order valence-corrected chi connectivity index (χ2v) is 6.60. The van der Waals surface area contributed by atoms with Gasteiger partial charge in [-0.05, 0) is 36.8 Å². The Morgan fingerprint density at radius 2 is 1.85 bits per heavy atom. The summed E-state index contributed by atoms with van der Waals surface area (Å²) in [5.41, 5.74) is 1.50. The number of amides is 1. The zero-order valence-corrected chi connectivity index (χ0v) is 15.3. The molecule has 0 bridgehead atoms. The Hall–Kier alpha value is -2.80. The minimum absolute atomic E-state index is 0.154. The SMILES string of the molecule is C[C@H](NC(=O)c1ccc(N2CCOCC2)nc1)c1ccc2c(c1)OCCO2. The summed E-state index contributed by atoms with van der Waals surface area (Å²) in [4.78, 5) is 19.2. The van der Waals surface area contributed by atoms with Crippen molar-refractivity contribution in [2.45, 2.75) is 13.0 Å². The smallest absolute Gasteiger partial charge is 0.253 e. The van der Waals surface area contributed by atoms with E-state index in [4.69, 9.17) is 14.2 Å². The summed E-state index contributed by atoms with van der Waals surface area (Å²) in [6.45, 7) is 6.09. The predicted octanol–water partition coefficient (Wildman–Crippen LogP) is 2.18. The number of hydrogen-bond donors (Lipinski definition) is 1. The van der Waals surface area contributed by atoms with E-state index in [0.29, 0.717) is 32.0 Å². The minimum Gasteiger partial charge on any atom is -0.486 e. The molecule has 3 heterocycles. The van der Waals surface area contributed by atoms with Crippen LogP contribution in [0.25, 0.3) is 0 Å². The van der Waals surface area contributed by atoms with Crippen LogP contribution in [0.1, 0.15) is 28.9 Å². The summed E-state index contributed by atoms with van der Waals surface area (Å²) in [7, 11) is 0. The van der Waals surface area contributed by atoms with Gasteiger partial charge in [-0.2, -0.15) is 0 Å². The summed E-state index contributed by atoms with van der Waals surface area (Å²) in [5, 5.41) is 3.01. The number of nitrogens with one attached hydrogen (secondary N) is 1. The third-order valence-corrected chi connectivity index (χ3v) is 4.76. The quantitative estimate of drug-likeness (QED) is 0.891. The maximum atomic E-state index is 12.6. The van der Waals surface area contributed by atoms with Gasteiger partial charge in [0.15, 0.2) is 11.5 Å². The summed E-state index contributed by atoms with van der Waals surface area (Å²) in [6, 6.07) is 9.27. The van der Waals surface area contributed by atoms with Gasteiger partial charge in [-0.15, -0.1) is 0 Å². The van der Waals surface area contributed by atoms with Gasteiger partial charge in [-0.3, -0.25) is 4.79 Å². The lowest BCUT2D eigenvalue weighted by Gasteiger charge is -2.27. The number of benzene rings is 1. The fraction of sp³-hybridized carbons (Fsp3) is 0.400. The van der Waals surface area contributed by atoms with E-state index < -0.39 is 0 Å². The topological polar surface area (TPSA) is 72.9 Å². The molecule has 1 saturated heterocycles. The zero-order valence-electron chi connectivity index (χ0n) is 15.3. The number of nitrogens with zero attached hydrogens (tertiary/aromatic N) is 2. The van der Waals surface area contributed by atoms with Crippen molar-refractivity contribution in [3.63, 3.8) is 0 Å². The van der Waals surface area contributed by atoms with E-state index in [1.54, 1.807) is 6.20 Å². The van der Waals surface area contributed by atoms with Gasteiger partial charge in [0.1, 0.15) is 19.0 Å². The summed E-state index contributed by atoms with van der Waals surface area (Å²) >= 11 is 0. The number of pyridine rings is 1. The van der Waals surface area contributed by atoms with Crippen LogP contribution in [0.4, 0.5) is 5.82 Å². The predicted molar refractivity (Wildman–Crippen MR) is 101 cm³/mol. The van der Waals surface area contributed by atoms with Crippen LogP contribution in [0.3, 0.4) is 0 Å². The molecule has 2 aromatic rings. The summed E-state index contributed by atoms with van der Waals surface area (Å²) in [6.07, 6.45) is 1.62. The second kappa shape index (κ2) is 7.84. The molecule has 0 aliphatic carbocycles. The molecule has 4 rings (SSSR count). The lowest BCUT2D eigenvalue weighted by Crippen LogP contribution is -2.36. The van der Waals surface area contributed by atoms with Gasteiger partial charge >= 0.3 is 0 Å². The number of carbonyl (C=O) groups is 1. The van der Waals surface area contributed by atoms with Gasteiger partial charge in [0.25, 0.3) is 5.91 Å². The fourth-order valence-electron chi connectivity index (χ4n) is 3.19. The van der Waals surface area contributed by atoms with Crippen LogP contribution in [0.5, 0.6) is 11.5 Å². The van der Waals surface area contributed by atoms with Crippen LogP contribution in [0, 0.1) is 0 Å². The monoisotopic (exact) mass is 369 g/mol. The van der Waals surface area contributed by atoms with Gasteiger partial charge in [-0.1, -0.05) is 6.07 Å². The molecule has 0 spiro atoms. The third kappa shape index (κ3) is 3.98. The maximum absolute atomic E-state index is 12.6. The van der Waals surface area contributed by atoms with Gasteiger partial charge in [0, 0.05) is 19.3 Å². The highest BCUT2D eigenvalue weighted by Gasteiger charge is 2.17. The largest absolute Gasteiger partial charge is 0.486 e. The van der Waals surface area contributed by atoms with E-state index in [1.165, 1.54) is 0 Å². The third-order valence-electron chi connectivity index (χ3n) is 4.76. The van der Waals surface area contributed by atoms with Crippen LogP contribution in [0.15, 0.2) is 36.5 Å². The standard InChI is InChI=1S/C20H23N3O4/c1-14(15-2-4-17-18(12-15)27-11-10-26-17)22-20(24)16-3-5-19(21-13-16)23-6-8-25-9-7-23/h2-5,12-14H,6-11H2,1H3,(H,22,24)/t14-/m0/s1. The van der Waals surface area contributed by atoms with Crippen LogP contribution in [-0.4, -0.2) is 50.4 Å². The molecule has 1 aromatic heterocycles. The van der Waals surface area contributed by atoms with E-state index >= 15 is 0 Å². The number of anilines is 1. The molecule has 2 aliphatic rings. The molecule has 1 fully saturated rings. The van der Waals surface area contributed by atoms with Crippen molar-refractivity contribution in [2.24, 2.45) is 0 Å². The number of carbonyl (C=O) groups excluding carboxylic acids is 1. The van der Waals surface area contributed by atoms with Crippen LogP contribution in [-0.2, 0) is 4.74 Å². The first kappa shape index (κ1) is 17.6. The van der Waals surface area contributed by atoms with Crippen molar-refractivity contribution < 1.29 is 19.0 Å². The van der Waals surface area contributed by atoms with Gasteiger partial charge in [-0.25, -0.2) is 4.98 Å². The Morgan fingerprint density at radius 3 is 2.59 bits per heavy atom. The Morgan fingerprint density at radius 1 is 1.07 bits per heavy atom. The second-order valence-electron chi connectivity index (χ2n) is 6.60. The van der Waals surface area contributed by atoms with E-state index in [2.05, 4.69) is 15.2 Å². The van der Waals surface area contributed by atoms with Crippen molar-refractivity contribution in [3.05, 3.63) is 47.7 Å². The first-order valence-electron chi connectivity index (χ1n) is 9.20. The van der Waals surface area contributed by atoms with Crippen LogP contribution in [0.2, 0.25) is 0 Å². The molecule has 142 valence electrons. The number of aromatic nitrogens is 1. The molecular formula is C20H23N3O4. The molecule has 0 radical (unpaired) electrons. The highest BCUT2D eigenvalue weighted by atomic mass is 16.6. The Kier molecular flexibility index (Phi) is 5.11. The maximum Gasteiger partial charge on any atom is 0.253 e. The molecule has 1 atom stereocenters. The molecule has 7 nitrogen and oxygen atoms in total. The van der Waals surface area contributed by atoms with Crippen LogP contribution < -0.4 is 19.7 Å². The molecule has 0 unspecified atom stereocenters. The van der Waals surface area contributed by atoms with E-state index in [9.17, 15) is 4.79 Å². The van der Waals surface area contributed by atoms with E-state index in [1.807, 2.05) is 37.3 Å². The van der Waals surface area contributed by atoms with Crippen LogP contribution >= 0.6 is 0 Å². The summed E-state index contributed by atoms with van der Waals surface area (Å²) in [5.74, 6) is 2.18. The van der Waals surface area contributed by atoms with Crippen molar-refractivity contribution in [2.75, 3.05) is 44.4 Å². The van der Waals surface area contributed by atoms with Crippen molar-refractivity contribution >= 4 is 11.7 Å². The van der Waals surface area contributed by atoms with Crippen molar-refractivity contribution in [1.82, 2.24) is 10.3 Å². The summed E-state index contributed by atoms with van der Waals surface area (Å²) < 4.78 is 16.5. The minimum atomic E-state index is -0.160. The average molecular weight is 369 g/mol. The lowest BCUT2D eigenvalue weighted by molar-refractivity contribution is 0.0939. The normalized spacial score (nSPS) is 17.3. The van der Waals surface area contributed by atoms with E-state index in [-0.39, 0.29) is 11.9 Å². The van der Waals surface area contributed by atoms with Crippen molar-refractivity contribution in [3.8, 4) is 11.5 Å². The highest BCUT2D eigenvalue weighted by molar-refractivity contribution is 5.94. The molecule has 0 saturated carbocycles. The zero-order chi connectivity index (χ0) is 18.6. The first-order valence-corrected chi connectivity index (χ1v) is 9.20. The van der Waals surface area contributed by atoms with Gasteiger partial charge < -0.3 is 24.4 Å². The molecule has 7 heteroatoms. The molecule has 2 aliphatic heterocycles. The first-order chi connectivity index (χ1) is 13.2. The highest BCUT2D eigenvalue weighted by Crippen LogP contribution is 2.32. The lowest BCUT2D eigenvalue weighted by atomic mass is 10.1. The molecule has 1 aromatic carbocycles. The number of ether oxygens (including phenoxy) is 3. The average Bonchev–Trinajstić information content (AvgIpc) is 2.74. The Balaban J connectivity index is 1.40. The molecule has 1 N–H and O–H groups in total. The van der Waals surface area contributed by atoms with Gasteiger partial charge in [0.2, 0.25) is 0 Å². The van der Waals surface area contributed by atoms with Gasteiger partial charge in [0.05, 0.1) is 24.8 Å². The number of fused-ring (bicyclic) bond motifs is 1. The Labute approximate surface area is 158 Å². The Bertz CT molecular complexity index is 803. The fourth-order valence-corrected chi connectivity index (χ4v) is 3.19. The van der Waals surface area contributed by atoms with Crippen molar-refractivity contribution in [1.29, 1.82) is 0 Å². The number of morpholine rings is 1. The van der Waals surface area contributed by atoms with E-state index in [0.717, 1.165) is 36.0 Å².